The Balaban J connectivity index is 1.97. The first-order valence-corrected chi connectivity index (χ1v) is 7.24. The summed E-state index contributed by atoms with van der Waals surface area (Å²) in [5.41, 5.74) is 0.972. The van der Waals surface area contributed by atoms with Gasteiger partial charge < -0.3 is 10.6 Å². The Bertz CT molecular complexity index is 450. The zero-order chi connectivity index (χ0) is 13.8. The molecular formula is C15H21ClN2O. The van der Waals surface area contributed by atoms with Gasteiger partial charge in [0, 0.05) is 17.0 Å². The number of hydrogen-bond donors (Lipinski definition) is 2. The summed E-state index contributed by atoms with van der Waals surface area (Å²) in [6.07, 6.45) is 1.81. The van der Waals surface area contributed by atoms with Gasteiger partial charge in [-0.25, -0.2) is 0 Å². The minimum absolute atomic E-state index is 0.0496. The predicted molar refractivity (Wildman–Crippen MR) is 78.2 cm³/mol. The second-order valence-electron chi connectivity index (χ2n) is 5.33. The number of piperidine rings is 1. The van der Waals surface area contributed by atoms with Crippen LogP contribution < -0.4 is 10.6 Å². The standard InChI is InChI=1S/C15H21ClN2O/c1-10-9-12(7-8-17-10)15(19)18-11(2)13-5-3-4-6-14(13)16/h3-6,10-12,17H,7-9H2,1-2H3,(H,18,19)/t10?,11-,12?/m0/s1. The predicted octanol–water partition coefficient (Wildman–Crippen LogP) is 2.91. The van der Waals surface area contributed by atoms with Crippen LogP contribution in [-0.2, 0) is 4.79 Å². The molecule has 1 aromatic carbocycles. The number of carbonyl (C=O) groups is 1. The van der Waals surface area contributed by atoms with Crippen LogP contribution in [0.3, 0.4) is 0 Å². The van der Waals surface area contributed by atoms with Gasteiger partial charge in [0.15, 0.2) is 0 Å². The van der Waals surface area contributed by atoms with E-state index in [1.54, 1.807) is 0 Å². The van der Waals surface area contributed by atoms with Gasteiger partial charge in [0.2, 0.25) is 5.91 Å². The molecule has 1 fully saturated rings. The lowest BCUT2D eigenvalue weighted by Crippen LogP contribution is -2.43. The molecule has 0 spiro atoms. The first-order valence-electron chi connectivity index (χ1n) is 6.86. The van der Waals surface area contributed by atoms with E-state index in [0.29, 0.717) is 11.1 Å². The number of carbonyl (C=O) groups excluding carboxylic acids is 1. The largest absolute Gasteiger partial charge is 0.349 e. The summed E-state index contributed by atoms with van der Waals surface area (Å²) in [4.78, 5) is 12.3. The van der Waals surface area contributed by atoms with Gasteiger partial charge in [0.05, 0.1) is 6.04 Å². The Morgan fingerprint density at radius 3 is 2.89 bits per heavy atom. The number of amides is 1. The monoisotopic (exact) mass is 280 g/mol. The third-order valence-corrected chi connectivity index (χ3v) is 4.07. The average molecular weight is 281 g/mol. The quantitative estimate of drug-likeness (QED) is 0.894. The maximum absolute atomic E-state index is 12.3. The molecule has 2 unspecified atom stereocenters. The van der Waals surface area contributed by atoms with Gasteiger partial charge in [0.1, 0.15) is 0 Å². The molecule has 0 bridgehead atoms. The number of benzene rings is 1. The molecule has 4 heteroatoms. The molecule has 1 heterocycles. The second kappa shape index (κ2) is 6.40. The first kappa shape index (κ1) is 14.4. The van der Waals surface area contributed by atoms with Crippen LogP contribution in [-0.4, -0.2) is 18.5 Å². The number of hydrogen-bond acceptors (Lipinski definition) is 2. The molecule has 2 rings (SSSR count). The van der Waals surface area contributed by atoms with Gasteiger partial charge >= 0.3 is 0 Å². The van der Waals surface area contributed by atoms with E-state index < -0.39 is 0 Å². The molecule has 1 aromatic rings. The van der Waals surface area contributed by atoms with E-state index in [1.807, 2.05) is 31.2 Å². The molecule has 1 saturated heterocycles. The fraction of sp³-hybridized carbons (Fsp3) is 0.533. The van der Waals surface area contributed by atoms with Crippen molar-refractivity contribution in [2.75, 3.05) is 6.54 Å². The van der Waals surface area contributed by atoms with E-state index in [0.717, 1.165) is 24.9 Å². The topological polar surface area (TPSA) is 41.1 Å². The van der Waals surface area contributed by atoms with Crippen LogP contribution in [0.5, 0.6) is 0 Å². The molecule has 1 amide bonds. The normalized spacial score (nSPS) is 24.8. The molecular weight excluding hydrogens is 260 g/mol. The van der Waals surface area contributed by atoms with Gasteiger partial charge in [-0.05, 0) is 44.9 Å². The molecule has 2 N–H and O–H groups in total. The van der Waals surface area contributed by atoms with E-state index in [9.17, 15) is 4.79 Å². The number of rotatable bonds is 3. The van der Waals surface area contributed by atoms with Gasteiger partial charge in [-0.3, -0.25) is 4.79 Å². The molecule has 1 aliphatic rings. The molecule has 0 saturated carbocycles. The summed E-state index contributed by atoms with van der Waals surface area (Å²) < 4.78 is 0. The van der Waals surface area contributed by atoms with Crippen LogP contribution in [0.1, 0.15) is 38.3 Å². The Morgan fingerprint density at radius 2 is 2.21 bits per heavy atom. The van der Waals surface area contributed by atoms with Crippen molar-refractivity contribution >= 4 is 17.5 Å². The molecule has 0 aromatic heterocycles. The van der Waals surface area contributed by atoms with Crippen LogP contribution >= 0.6 is 11.6 Å². The Labute approximate surface area is 119 Å². The van der Waals surface area contributed by atoms with Crippen molar-refractivity contribution in [3.05, 3.63) is 34.9 Å². The highest BCUT2D eigenvalue weighted by atomic mass is 35.5. The van der Waals surface area contributed by atoms with E-state index in [2.05, 4.69) is 17.6 Å². The minimum Gasteiger partial charge on any atom is -0.349 e. The Kier molecular flexibility index (Phi) is 4.83. The van der Waals surface area contributed by atoms with Crippen molar-refractivity contribution < 1.29 is 4.79 Å². The Hall–Kier alpha value is -1.06. The highest BCUT2D eigenvalue weighted by Crippen LogP contribution is 2.23. The van der Waals surface area contributed by atoms with Crippen molar-refractivity contribution in [2.45, 2.75) is 38.8 Å². The molecule has 1 aliphatic heterocycles. The van der Waals surface area contributed by atoms with Crippen molar-refractivity contribution in [1.82, 2.24) is 10.6 Å². The summed E-state index contributed by atoms with van der Waals surface area (Å²) >= 11 is 6.15. The number of halogens is 1. The maximum atomic E-state index is 12.3. The van der Waals surface area contributed by atoms with Gasteiger partial charge in [-0.1, -0.05) is 29.8 Å². The summed E-state index contributed by atoms with van der Waals surface area (Å²) in [7, 11) is 0. The van der Waals surface area contributed by atoms with Crippen LogP contribution in [0.2, 0.25) is 5.02 Å². The molecule has 3 nitrogen and oxygen atoms in total. The van der Waals surface area contributed by atoms with E-state index in [1.165, 1.54) is 0 Å². The van der Waals surface area contributed by atoms with E-state index in [-0.39, 0.29) is 17.9 Å². The summed E-state index contributed by atoms with van der Waals surface area (Å²) in [6, 6.07) is 8.02. The van der Waals surface area contributed by atoms with Crippen LogP contribution in [0.25, 0.3) is 0 Å². The Morgan fingerprint density at radius 1 is 1.47 bits per heavy atom. The summed E-state index contributed by atoms with van der Waals surface area (Å²) in [5, 5.41) is 7.14. The van der Waals surface area contributed by atoms with E-state index >= 15 is 0 Å². The molecule has 0 aliphatic carbocycles. The van der Waals surface area contributed by atoms with E-state index in [4.69, 9.17) is 11.6 Å². The van der Waals surface area contributed by atoms with Gasteiger partial charge in [-0.15, -0.1) is 0 Å². The fourth-order valence-electron chi connectivity index (χ4n) is 2.61. The molecule has 3 atom stereocenters. The first-order chi connectivity index (χ1) is 9.08. The lowest BCUT2D eigenvalue weighted by molar-refractivity contribution is -0.126. The lowest BCUT2D eigenvalue weighted by atomic mass is 9.92. The maximum Gasteiger partial charge on any atom is 0.223 e. The minimum atomic E-state index is -0.0496. The van der Waals surface area contributed by atoms with Gasteiger partial charge in [-0.2, -0.15) is 0 Å². The average Bonchev–Trinajstić information content (AvgIpc) is 2.39. The molecule has 0 radical (unpaired) electrons. The van der Waals surface area contributed by atoms with Crippen molar-refractivity contribution in [3.8, 4) is 0 Å². The third kappa shape index (κ3) is 3.71. The zero-order valence-electron chi connectivity index (χ0n) is 11.4. The molecule has 104 valence electrons. The molecule has 19 heavy (non-hydrogen) atoms. The lowest BCUT2D eigenvalue weighted by Gasteiger charge is -2.28. The van der Waals surface area contributed by atoms with Crippen molar-refractivity contribution in [3.63, 3.8) is 0 Å². The smallest absolute Gasteiger partial charge is 0.223 e. The summed E-state index contributed by atoms with van der Waals surface area (Å²) in [5.74, 6) is 0.252. The van der Waals surface area contributed by atoms with Crippen LogP contribution in [0.15, 0.2) is 24.3 Å². The summed E-state index contributed by atoms with van der Waals surface area (Å²) in [6.45, 7) is 5.01. The highest BCUT2D eigenvalue weighted by molar-refractivity contribution is 6.31. The van der Waals surface area contributed by atoms with Crippen LogP contribution in [0, 0.1) is 5.92 Å². The van der Waals surface area contributed by atoms with Gasteiger partial charge in [0.25, 0.3) is 0 Å². The second-order valence-corrected chi connectivity index (χ2v) is 5.74. The fourth-order valence-corrected chi connectivity index (χ4v) is 2.90. The third-order valence-electron chi connectivity index (χ3n) is 3.72. The number of nitrogens with one attached hydrogen (secondary N) is 2. The van der Waals surface area contributed by atoms with Crippen LogP contribution in [0.4, 0.5) is 0 Å². The SMILES string of the molecule is CC1CC(C(=O)N[C@@H](C)c2ccccc2Cl)CCN1. The zero-order valence-corrected chi connectivity index (χ0v) is 12.2. The highest BCUT2D eigenvalue weighted by Gasteiger charge is 2.25. The van der Waals surface area contributed by atoms with Crippen molar-refractivity contribution in [2.24, 2.45) is 5.92 Å². The van der Waals surface area contributed by atoms with Crippen molar-refractivity contribution in [1.29, 1.82) is 0 Å².